The number of amides is 1. The van der Waals surface area contributed by atoms with Gasteiger partial charge in [-0.05, 0) is 12.1 Å². The molecule has 0 heterocycles. The van der Waals surface area contributed by atoms with Crippen LogP contribution < -0.4 is 5.32 Å². The molecule has 21 heavy (non-hydrogen) atoms. The van der Waals surface area contributed by atoms with E-state index < -0.39 is 27.5 Å². The molecule has 0 saturated carbocycles. The third kappa shape index (κ3) is 4.99. The van der Waals surface area contributed by atoms with Gasteiger partial charge in [0.1, 0.15) is 5.75 Å². The second-order valence-corrected chi connectivity index (χ2v) is 6.26. The van der Waals surface area contributed by atoms with E-state index in [1.54, 1.807) is 0 Å². The number of hydrogen-bond donors (Lipinski definition) is 2. The molecule has 1 aromatic carbocycles. The number of nitrogens with one attached hydrogen (secondary N) is 1. The minimum Gasteiger partial charge on any atom is -0.481 e. The zero-order valence-corrected chi connectivity index (χ0v) is 12.1. The van der Waals surface area contributed by atoms with Gasteiger partial charge in [0.25, 0.3) is 0 Å². The Labute approximate surface area is 121 Å². The van der Waals surface area contributed by atoms with Crippen molar-refractivity contribution in [3.8, 4) is 0 Å². The molecule has 0 aliphatic carbocycles. The van der Waals surface area contributed by atoms with Gasteiger partial charge in [0, 0.05) is 19.0 Å². The molecule has 1 aromatic rings. The smallest absolute Gasteiger partial charge is 0.303 e. The van der Waals surface area contributed by atoms with Gasteiger partial charge in [-0.1, -0.05) is 12.1 Å². The van der Waals surface area contributed by atoms with Gasteiger partial charge in [-0.25, -0.2) is 8.42 Å². The average molecular weight is 313 g/mol. The molecular weight excluding hydrogens is 298 g/mol. The lowest BCUT2D eigenvalue weighted by molar-refractivity contribution is -0.137. The van der Waals surface area contributed by atoms with Crippen LogP contribution in [0.25, 0.3) is 0 Å². The van der Waals surface area contributed by atoms with Crippen molar-refractivity contribution in [2.45, 2.75) is 17.7 Å². The molecule has 114 valence electrons. The van der Waals surface area contributed by atoms with E-state index in [0.717, 1.165) is 0 Å². The zero-order chi connectivity index (χ0) is 16.0. The summed E-state index contributed by atoms with van der Waals surface area (Å²) in [5.74, 6) is -2.76. The molecule has 0 fully saturated rings. The molecule has 8 heteroatoms. The molecular formula is C13H15NO6S. The Morgan fingerprint density at radius 3 is 2.14 bits per heavy atom. The monoisotopic (exact) mass is 313 g/mol. The Kier molecular flexibility index (Phi) is 5.60. The van der Waals surface area contributed by atoms with Crippen LogP contribution in [0.1, 0.15) is 23.2 Å². The summed E-state index contributed by atoms with van der Waals surface area (Å²) in [4.78, 5) is 33.1. The highest BCUT2D eigenvalue weighted by atomic mass is 32.2. The lowest BCUT2D eigenvalue weighted by atomic mass is 10.1. The number of aliphatic carboxylic acids is 1. The van der Waals surface area contributed by atoms with E-state index in [-0.39, 0.29) is 29.1 Å². The predicted molar refractivity (Wildman–Crippen MR) is 73.8 cm³/mol. The van der Waals surface area contributed by atoms with Crippen LogP contribution >= 0.6 is 0 Å². The van der Waals surface area contributed by atoms with Crippen molar-refractivity contribution in [3.05, 3.63) is 29.8 Å². The summed E-state index contributed by atoms with van der Waals surface area (Å²) in [6, 6.07) is 5.07. The lowest BCUT2D eigenvalue weighted by Crippen LogP contribution is -2.27. The highest BCUT2D eigenvalue weighted by Gasteiger charge is 2.19. The van der Waals surface area contributed by atoms with E-state index >= 15 is 0 Å². The van der Waals surface area contributed by atoms with Crippen molar-refractivity contribution < 1.29 is 27.9 Å². The van der Waals surface area contributed by atoms with Crippen LogP contribution in [0.5, 0.6) is 0 Å². The number of rotatable bonds is 7. The fourth-order valence-corrected chi connectivity index (χ4v) is 2.75. The predicted octanol–water partition coefficient (Wildman–Crippen LogP) is 0.254. The van der Waals surface area contributed by atoms with Gasteiger partial charge in [-0.3, -0.25) is 14.4 Å². The number of carboxylic acids is 1. The van der Waals surface area contributed by atoms with Crippen LogP contribution in [0.3, 0.4) is 0 Å². The number of carbonyl (C=O) groups excluding carboxylic acids is 2. The fourth-order valence-electron chi connectivity index (χ4n) is 1.54. The Hall–Kier alpha value is -2.22. The maximum Gasteiger partial charge on any atom is 0.303 e. The van der Waals surface area contributed by atoms with E-state index in [2.05, 4.69) is 5.32 Å². The van der Waals surface area contributed by atoms with Crippen LogP contribution in [-0.4, -0.2) is 44.0 Å². The summed E-state index contributed by atoms with van der Waals surface area (Å²) in [6.45, 7) is 0. The summed E-state index contributed by atoms with van der Waals surface area (Å²) in [7, 11) is -2.42. The summed E-state index contributed by atoms with van der Waals surface area (Å²) in [5, 5.41) is 10.7. The van der Waals surface area contributed by atoms with Gasteiger partial charge in [-0.2, -0.15) is 0 Å². The Morgan fingerprint density at radius 2 is 1.67 bits per heavy atom. The molecule has 0 saturated heterocycles. The van der Waals surface area contributed by atoms with Crippen molar-refractivity contribution in [1.29, 1.82) is 0 Å². The largest absolute Gasteiger partial charge is 0.481 e. The first kappa shape index (κ1) is 16.8. The highest BCUT2D eigenvalue weighted by Crippen LogP contribution is 2.14. The number of carbonyl (C=O) groups is 3. The number of carboxylic acid groups (broad SMARTS) is 1. The minimum atomic E-state index is -3.76. The average Bonchev–Trinajstić information content (AvgIpc) is 2.44. The molecule has 0 aliphatic rings. The van der Waals surface area contributed by atoms with E-state index in [9.17, 15) is 22.8 Å². The van der Waals surface area contributed by atoms with E-state index in [4.69, 9.17) is 5.11 Å². The highest BCUT2D eigenvalue weighted by molar-refractivity contribution is 7.92. The standard InChI is InChI=1S/C13H15NO6S/c1-14-12(16)8-21(19,20)10-4-2-9(3-5-10)11(15)6-7-13(17)18/h2-5H,6-8H2,1H3,(H,14,16)(H,17,18). The SMILES string of the molecule is CNC(=O)CS(=O)(=O)c1ccc(C(=O)CCC(=O)O)cc1. The number of benzene rings is 1. The molecule has 0 unspecified atom stereocenters. The van der Waals surface area contributed by atoms with Crippen molar-refractivity contribution >= 4 is 27.5 Å². The Bertz CT molecular complexity index is 648. The van der Waals surface area contributed by atoms with Crippen LogP contribution in [0, 0.1) is 0 Å². The third-order valence-corrected chi connectivity index (χ3v) is 4.33. The minimum absolute atomic E-state index is 0.0686. The molecule has 0 spiro atoms. The maximum atomic E-state index is 11.9. The fraction of sp³-hybridized carbons (Fsp3) is 0.308. The van der Waals surface area contributed by atoms with E-state index in [1.807, 2.05) is 0 Å². The van der Waals surface area contributed by atoms with Crippen molar-refractivity contribution in [2.24, 2.45) is 0 Å². The van der Waals surface area contributed by atoms with Crippen molar-refractivity contribution in [2.75, 3.05) is 12.8 Å². The number of sulfone groups is 1. The quantitative estimate of drug-likeness (QED) is 0.697. The summed E-state index contributed by atoms with van der Waals surface area (Å²) in [5.41, 5.74) is 0.232. The first-order chi connectivity index (χ1) is 9.76. The van der Waals surface area contributed by atoms with Crippen LogP contribution in [0.4, 0.5) is 0 Å². The van der Waals surface area contributed by atoms with Gasteiger partial charge >= 0.3 is 5.97 Å². The molecule has 0 aliphatic heterocycles. The van der Waals surface area contributed by atoms with Crippen LogP contribution in [-0.2, 0) is 19.4 Å². The Morgan fingerprint density at radius 1 is 1.10 bits per heavy atom. The molecule has 1 amide bonds. The van der Waals surface area contributed by atoms with Gasteiger partial charge in [0.15, 0.2) is 15.6 Å². The normalized spacial score (nSPS) is 10.9. The van der Waals surface area contributed by atoms with Crippen molar-refractivity contribution in [3.63, 3.8) is 0 Å². The maximum absolute atomic E-state index is 11.9. The van der Waals surface area contributed by atoms with Gasteiger partial charge in [0.2, 0.25) is 5.91 Å². The third-order valence-electron chi connectivity index (χ3n) is 2.70. The lowest BCUT2D eigenvalue weighted by Gasteiger charge is -2.05. The zero-order valence-electron chi connectivity index (χ0n) is 11.3. The molecule has 7 nitrogen and oxygen atoms in total. The summed E-state index contributed by atoms with van der Waals surface area (Å²) in [6.07, 6.45) is -0.435. The molecule has 1 rings (SSSR count). The molecule has 0 radical (unpaired) electrons. The molecule has 0 bridgehead atoms. The first-order valence-electron chi connectivity index (χ1n) is 6.04. The van der Waals surface area contributed by atoms with Gasteiger partial charge in [0.05, 0.1) is 11.3 Å². The topological polar surface area (TPSA) is 118 Å². The van der Waals surface area contributed by atoms with Crippen LogP contribution in [0.15, 0.2) is 29.2 Å². The number of ketones is 1. The second kappa shape index (κ2) is 6.98. The summed E-state index contributed by atoms with van der Waals surface area (Å²) < 4.78 is 23.7. The van der Waals surface area contributed by atoms with Gasteiger partial charge in [-0.15, -0.1) is 0 Å². The second-order valence-electron chi connectivity index (χ2n) is 4.27. The molecule has 0 aromatic heterocycles. The first-order valence-corrected chi connectivity index (χ1v) is 7.70. The molecule has 0 atom stereocenters. The van der Waals surface area contributed by atoms with Crippen LogP contribution in [0.2, 0.25) is 0 Å². The van der Waals surface area contributed by atoms with E-state index in [0.29, 0.717) is 0 Å². The van der Waals surface area contributed by atoms with Gasteiger partial charge < -0.3 is 10.4 Å². The number of hydrogen-bond acceptors (Lipinski definition) is 5. The van der Waals surface area contributed by atoms with Crippen molar-refractivity contribution in [1.82, 2.24) is 5.32 Å². The summed E-state index contributed by atoms with van der Waals surface area (Å²) >= 11 is 0. The van der Waals surface area contributed by atoms with E-state index in [1.165, 1.54) is 31.3 Å². The Balaban J connectivity index is 2.85. The number of Topliss-reactive ketones (excluding diaryl/α,β-unsaturated/α-hetero) is 1. The molecule has 2 N–H and O–H groups in total.